The van der Waals surface area contributed by atoms with Crippen LogP contribution in [0, 0.1) is 11.8 Å². The summed E-state index contributed by atoms with van der Waals surface area (Å²) in [5, 5.41) is 0. The van der Waals surface area contributed by atoms with Crippen LogP contribution in [0.1, 0.15) is 17.5 Å². The van der Waals surface area contributed by atoms with Gasteiger partial charge in [-0.1, -0.05) is 24.0 Å². The summed E-state index contributed by atoms with van der Waals surface area (Å²) in [6.07, 6.45) is 1.80. The molecule has 0 unspecified atom stereocenters. The average molecular weight is 266 g/mol. The van der Waals surface area contributed by atoms with Crippen molar-refractivity contribution in [2.24, 2.45) is 0 Å². The minimum Gasteiger partial charge on any atom is -0.497 e. The summed E-state index contributed by atoms with van der Waals surface area (Å²) in [7, 11) is 3.34. The van der Waals surface area contributed by atoms with Gasteiger partial charge in [-0.05, 0) is 48.4 Å². The van der Waals surface area contributed by atoms with E-state index in [4.69, 9.17) is 9.47 Å². The highest BCUT2D eigenvalue weighted by Crippen LogP contribution is 2.13. The third kappa shape index (κ3) is 4.07. The molecule has 0 bridgehead atoms. The summed E-state index contributed by atoms with van der Waals surface area (Å²) in [5.41, 5.74) is 2.29. The zero-order valence-corrected chi connectivity index (χ0v) is 11.8. The van der Waals surface area contributed by atoms with E-state index in [0.717, 1.165) is 29.9 Å². The van der Waals surface area contributed by atoms with Crippen LogP contribution in [0.3, 0.4) is 0 Å². The molecule has 0 aliphatic carbocycles. The molecule has 0 radical (unpaired) electrons. The van der Waals surface area contributed by atoms with E-state index in [1.807, 2.05) is 36.4 Å². The number of ether oxygens (including phenoxy) is 2. The van der Waals surface area contributed by atoms with Gasteiger partial charge in [-0.3, -0.25) is 0 Å². The molecule has 0 fully saturated rings. The molecule has 0 aliphatic rings. The lowest BCUT2D eigenvalue weighted by Crippen LogP contribution is -1.86. The number of hydrogen-bond donors (Lipinski definition) is 0. The Kier molecular flexibility index (Phi) is 5.08. The van der Waals surface area contributed by atoms with E-state index in [9.17, 15) is 0 Å². The molecule has 0 spiro atoms. The van der Waals surface area contributed by atoms with E-state index < -0.39 is 0 Å². The Labute approximate surface area is 120 Å². The van der Waals surface area contributed by atoms with Gasteiger partial charge in [0.05, 0.1) is 14.2 Å². The molecule has 20 heavy (non-hydrogen) atoms. The molecule has 0 saturated heterocycles. The molecule has 0 heterocycles. The van der Waals surface area contributed by atoms with Crippen molar-refractivity contribution in [3.05, 3.63) is 59.7 Å². The molecule has 2 aromatic carbocycles. The zero-order chi connectivity index (χ0) is 14.2. The first-order valence-corrected chi connectivity index (χ1v) is 6.57. The van der Waals surface area contributed by atoms with Crippen molar-refractivity contribution < 1.29 is 9.47 Å². The third-order valence-electron chi connectivity index (χ3n) is 3.02. The lowest BCUT2D eigenvalue weighted by Gasteiger charge is -2.01. The van der Waals surface area contributed by atoms with Crippen LogP contribution in [0.25, 0.3) is 0 Å². The maximum atomic E-state index is 5.13. The van der Waals surface area contributed by atoms with Gasteiger partial charge in [-0.15, -0.1) is 0 Å². The fourth-order valence-corrected chi connectivity index (χ4v) is 1.84. The zero-order valence-electron chi connectivity index (χ0n) is 11.8. The van der Waals surface area contributed by atoms with Crippen LogP contribution in [0.2, 0.25) is 0 Å². The van der Waals surface area contributed by atoms with Gasteiger partial charge in [0.15, 0.2) is 0 Å². The highest BCUT2D eigenvalue weighted by atomic mass is 16.5. The summed E-state index contributed by atoms with van der Waals surface area (Å²) < 4.78 is 10.2. The van der Waals surface area contributed by atoms with Gasteiger partial charge in [0, 0.05) is 12.0 Å². The second-order valence-corrected chi connectivity index (χ2v) is 4.38. The smallest absolute Gasteiger partial charge is 0.118 e. The third-order valence-corrected chi connectivity index (χ3v) is 3.02. The Morgan fingerprint density at radius 1 is 0.800 bits per heavy atom. The fourth-order valence-electron chi connectivity index (χ4n) is 1.84. The SMILES string of the molecule is COc1ccc(C#CCCc2ccc(OC)cc2)cc1. The predicted octanol–water partition coefficient (Wildman–Crippen LogP) is 3.69. The van der Waals surface area contributed by atoms with Gasteiger partial charge < -0.3 is 9.47 Å². The minimum absolute atomic E-state index is 0.846. The quantitative estimate of drug-likeness (QED) is 0.786. The van der Waals surface area contributed by atoms with Crippen molar-refractivity contribution in [1.29, 1.82) is 0 Å². The standard InChI is InChI=1S/C18H18O2/c1-19-17-11-7-15(8-12-17)5-3-4-6-16-9-13-18(20-2)14-10-16/h7-14H,3,5H2,1-2H3. The van der Waals surface area contributed by atoms with E-state index in [1.165, 1.54) is 5.56 Å². The number of methoxy groups -OCH3 is 2. The van der Waals surface area contributed by atoms with Crippen LogP contribution >= 0.6 is 0 Å². The Morgan fingerprint density at radius 2 is 1.35 bits per heavy atom. The Morgan fingerprint density at radius 3 is 1.90 bits per heavy atom. The molecular formula is C18H18O2. The molecule has 0 saturated carbocycles. The first-order valence-electron chi connectivity index (χ1n) is 6.57. The molecule has 0 aromatic heterocycles. The van der Waals surface area contributed by atoms with Crippen LogP contribution in [-0.2, 0) is 6.42 Å². The minimum atomic E-state index is 0.846. The van der Waals surface area contributed by atoms with Crippen LogP contribution < -0.4 is 9.47 Å². The van der Waals surface area contributed by atoms with Crippen molar-refractivity contribution in [2.75, 3.05) is 14.2 Å². The molecule has 2 aromatic rings. The van der Waals surface area contributed by atoms with E-state index in [-0.39, 0.29) is 0 Å². The van der Waals surface area contributed by atoms with Crippen LogP contribution in [0.15, 0.2) is 48.5 Å². The summed E-state index contributed by atoms with van der Waals surface area (Å²) in [4.78, 5) is 0. The molecular weight excluding hydrogens is 248 g/mol. The Balaban J connectivity index is 1.87. The first-order chi connectivity index (χ1) is 9.81. The van der Waals surface area contributed by atoms with Crippen molar-refractivity contribution >= 4 is 0 Å². The lowest BCUT2D eigenvalue weighted by molar-refractivity contribution is 0.414. The number of aryl methyl sites for hydroxylation is 1. The van der Waals surface area contributed by atoms with Gasteiger partial charge in [-0.25, -0.2) is 0 Å². The van der Waals surface area contributed by atoms with Gasteiger partial charge in [0.25, 0.3) is 0 Å². The average Bonchev–Trinajstić information content (AvgIpc) is 2.53. The largest absolute Gasteiger partial charge is 0.497 e. The van der Waals surface area contributed by atoms with Gasteiger partial charge in [-0.2, -0.15) is 0 Å². The number of benzene rings is 2. The Bertz CT molecular complexity index is 586. The molecule has 0 amide bonds. The predicted molar refractivity (Wildman–Crippen MR) is 81.2 cm³/mol. The topological polar surface area (TPSA) is 18.5 Å². The molecule has 2 heteroatoms. The summed E-state index contributed by atoms with van der Waals surface area (Å²) in [6, 6.07) is 15.9. The van der Waals surface area contributed by atoms with Crippen LogP contribution in [0.5, 0.6) is 11.5 Å². The maximum Gasteiger partial charge on any atom is 0.118 e. The molecule has 102 valence electrons. The maximum absolute atomic E-state index is 5.13. The van der Waals surface area contributed by atoms with Crippen LogP contribution in [0.4, 0.5) is 0 Å². The molecule has 0 atom stereocenters. The van der Waals surface area contributed by atoms with E-state index in [0.29, 0.717) is 0 Å². The summed E-state index contributed by atoms with van der Waals surface area (Å²) >= 11 is 0. The highest BCUT2D eigenvalue weighted by Gasteiger charge is 1.93. The van der Waals surface area contributed by atoms with Gasteiger partial charge in [0.2, 0.25) is 0 Å². The monoisotopic (exact) mass is 266 g/mol. The fraction of sp³-hybridized carbons (Fsp3) is 0.222. The summed E-state index contributed by atoms with van der Waals surface area (Å²) in [5.74, 6) is 8.10. The number of hydrogen-bond acceptors (Lipinski definition) is 2. The van der Waals surface area contributed by atoms with Crippen LogP contribution in [-0.4, -0.2) is 14.2 Å². The lowest BCUT2D eigenvalue weighted by atomic mass is 10.1. The van der Waals surface area contributed by atoms with E-state index in [1.54, 1.807) is 14.2 Å². The van der Waals surface area contributed by atoms with Crippen molar-refractivity contribution in [3.8, 4) is 23.3 Å². The van der Waals surface area contributed by atoms with Gasteiger partial charge in [0.1, 0.15) is 11.5 Å². The second-order valence-electron chi connectivity index (χ2n) is 4.38. The molecule has 0 aliphatic heterocycles. The molecule has 0 N–H and O–H groups in total. The highest BCUT2D eigenvalue weighted by molar-refractivity contribution is 5.38. The van der Waals surface area contributed by atoms with Crippen molar-refractivity contribution in [3.63, 3.8) is 0 Å². The van der Waals surface area contributed by atoms with E-state index in [2.05, 4.69) is 24.0 Å². The molecule has 2 rings (SSSR count). The van der Waals surface area contributed by atoms with E-state index >= 15 is 0 Å². The summed E-state index contributed by atoms with van der Waals surface area (Å²) in [6.45, 7) is 0. The van der Waals surface area contributed by atoms with Crippen molar-refractivity contribution in [1.82, 2.24) is 0 Å². The van der Waals surface area contributed by atoms with Gasteiger partial charge >= 0.3 is 0 Å². The molecule has 2 nitrogen and oxygen atoms in total. The normalized spacial score (nSPS) is 9.50. The Hall–Kier alpha value is -2.40. The van der Waals surface area contributed by atoms with Crippen molar-refractivity contribution in [2.45, 2.75) is 12.8 Å². The second kappa shape index (κ2) is 7.25. The first kappa shape index (κ1) is 14.0. The number of rotatable bonds is 4.